The van der Waals surface area contributed by atoms with Crippen molar-refractivity contribution >= 4 is 0 Å². The summed E-state index contributed by atoms with van der Waals surface area (Å²) in [4.78, 5) is 2.31. The van der Waals surface area contributed by atoms with Gasteiger partial charge in [-0.2, -0.15) is 18.4 Å². The first-order valence-electron chi connectivity index (χ1n) is 13.2. The van der Waals surface area contributed by atoms with E-state index in [0.717, 1.165) is 78.6 Å². The highest BCUT2D eigenvalue weighted by Crippen LogP contribution is 2.41. The topological polar surface area (TPSA) is 45.5 Å². The molecule has 1 heterocycles. The summed E-state index contributed by atoms with van der Waals surface area (Å²) in [7, 11) is 0. The van der Waals surface area contributed by atoms with Gasteiger partial charge in [0.2, 0.25) is 0 Å². The van der Waals surface area contributed by atoms with Crippen molar-refractivity contribution in [3.8, 4) is 28.7 Å². The van der Waals surface area contributed by atoms with E-state index in [0.29, 0.717) is 17.9 Å². The van der Waals surface area contributed by atoms with Crippen molar-refractivity contribution in [3.63, 3.8) is 0 Å². The molecular weight excluding hydrogens is 489 g/mol. The van der Waals surface area contributed by atoms with Gasteiger partial charge in [-0.05, 0) is 67.4 Å². The second-order valence-corrected chi connectivity index (χ2v) is 10.0. The molecule has 0 unspecified atom stereocenters. The summed E-state index contributed by atoms with van der Waals surface area (Å²) in [6.07, 6.45) is 1.50. The van der Waals surface area contributed by atoms with Crippen molar-refractivity contribution in [1.82, 2.24) is 4.90 Å². The second kappa shape index (κ2) is 11.5. The molecule has 1 fully saturated rings. The van der Waals surface area contributed by atoms with Crippen LogP contribution in [0.1, 0.15) is 53.5 Å². The number of rotatable bonds is 8. The van der Waals surface area contributed by atoms with Crippen molar-refractivity contribution in [1.29, 1.82) is 5.26 Å². The molecule has 0 atom stereocenters. The van der Waals surface area contributed by atoms with Gasteiger partial charge < -0.3 is 9.47 Å². The van der Waals surface area contributed by atoms with Gasteiger partial charge in [-0.15, -0.1) is 0 Å². The number of hydrogen-bond donors (Lipinski definition) is 0. The molecule has 3 aromatic rings. The summed E-state index contributed by atoms with van der Waals surface area (Å²) in [5, 5.41) is 9.96. The van der Waals surface area contributed by atoms with E-state index in [4.69, 9.17) is 9.47 Å². The van der Waals surface area contributed by atoms with Crippen LogP contribution in [0.4, 0.5) is 13.2 Å². The van der Waals surface area contributed by atoms with Gasteiger partial charge in [0.15, 0.2) is 6.61 Å². The molecule has 198 valence electrons. The Morgan fingerprint density at radius 2 is 1.61 bits per heavy atom. The van der Waals surface area contributed by atoms with Crippen molar-refractivity contribution < 1.29 is 22.6 Å². The highest BCUT2D eigenvalue weighted by atomic mass is 19.4. The Labute approximate surface area is 221 Å². The molecule has 1 aliphatic carbocycles. The summed E-state index contributed by atoms with van der Waals surface area (Å²) in [5.74, 6) is 0.799. The van der Waals surface area contributed by atoms with Gasteiger partial charge in [-0.3, -0.25) is 4.90 Å². The molecular formula is C31H31F3N2O2. The minimum absolute atomic E-state index is 0.139. The van der Waals surface area contributed by atoms with Gasteiger partial charge in [-0.25, -0.2) is 0 Å². The maximum Gasteiger partial charge on any atom is 0.422 e. The molecule has 1 aliphatic heterocycles. The number of halogens is 3. The zero-order valence-electron chi connectivity index (χ0n) is 21.3. The normalized spacial score (nSPS) is 15.6. The van der Waals surface area contributed by atoms with Gasteiger partial charge in [0.05, 0.1) is 5.56 Å². The van der Waals surface area contributed by atoms with Crippen molar-refractivity contribution in [2.45, 2.75) is 57.9 Å². The van der Waals surface area contributed by atoms with E-state index in [1.807, 2.05) is 48.5 Å². The number of benzene rings is 3. The van der Waals surface area contributed by atoms with Crippen molar-refractivity contribution in [3.05, 3.63) is 82.4 Å². The second-order valence-electron chi connectivity index (χ2n) is 10.0. The SMILES string of the molecule is N#Cc1c(COc2cc(OCC(F)(F)F)c(CN3CCCCC3)c3c2CCC3)cccc1-c1ccccc1. The number of ether oxygens (including phenoxy) is 2. The first-order chi connectivity index (χ1) is 18.4. The van der Waals surface area contributed by atoms with Crippen LogP contribution in [0.3, 0.4) is 0 Å². The summed E-state index contributed by atoms with van der Waals surface area (Å²) < 4.78 is 51.1. The highest BCUT2D eigenvalue weighted by Gasteiger charge is 2.31. The molecule has 0 saturated carbocycles. The fourth-order valence-corrected chi connectivity index (χ4v) is 5.59. The van der Waals surface area contributed by atoms with E-state index in [-0.39, 0.29) is 12.4 Å². The number of alkyl halides is 3. The van der Waals surface area contributed by atoms with Gasteiger partial charge in [0, 0.05) is 23.7 Å². The maximum atomic E-state index is 13.1. The third-order valence-corrected chi connectivity index (χ3v) is 7.39. The minimum atomic E-state index is -4.43. The van der Waals surface area contributed by atoms with Crippen LogP contribution in [0.2, 0.25) is 0 Å². The average molecular weight is 521 g/mol. The lowest BCUT2D eigenvalue weighted by atomic mass is 9.96. The summed E-state index contributed by atoms with van der Waals surface area (Å²) in [5.41, 5.74) is 6.00. The molecule has 3 aromatic carbocycles. The summed E-state index contributed by atoms with van der Waals surface area (Å²) in [6.45, 7) is 1.28. The molecule has 1 saturated heterocycles. The Hall–Kier alpha value is -3.50. The number of hydrogen-bond acceptors (Lipinski definition) is 4. The van der Waals surface area contributed by atoms with Gasteiger partial charge >= 0.3 is 6.18 Å². The lowest BCUT2D eigenvalue weighted by Gasteiger charge is -2.29. The maximum absolute atomic E-state index is 13.1. The Kier molecular flexibility index (Phi) is 7.90. The van der Waals surface area contributed by atoms with Crippen molar-refractivity contribution in [2.24, 2.45) is 0 Å². The molecule has 4 nitrogen and oxygen atoms in total. The lowest BCUT2D eigenvalue weighted by Crippen LogP contribution is -2.30. The van der Waals surface area contributed by atoms with E-state index in [2.05, 4.69) is 11.0 Å². The quantitative estimate of drug-likeness (QED) is 0.315. The molecule has 0 bridgehead atoms. The Bertz CT molecular complexity index is 1310. The number of piperidine rings is 1. The largest absolute Gasteiger partial charge is 0.488 e. The summed E-state index contributed by atoms with van der Waals surface area (Å²) >= 11 is 0. The molecule has 0 N–H and O–H groups in total. The molecule has 7 heteroatoms. The summed E-state index contributed by atoms with van der Waals surface area (Å²) in [6, 6.07) is 19.3. The Balaban J connectivity index is 1.46. The van der Waals surface area contributed by atoms with Crippen LogP contribution in [0.15, 0.2) is 54.6 Å². The fourth-order valence-electron chi connectivity index (χ4n) is 5.59. The predicted molar refractivity (Wildman–Crippen MR) is 140 cm³/mol. The molecule has 0 amide bonds. The van der Waals surface area contributed by atoms with E-state index >= 15 is 0 Å². The van der Waals surface area contributed by atoms with Crippen LogP contribution in [0.5, 0.6) is 11.5 Å². The lowest BCUT2D eigenvalue weighted by molar-refractivity contribution is -0.153. The van der Waals surface area contributed by atoms with E-state index in [1.165, 1.54) is 6.42 Å². The smallest absolute Gasteiger partial charge is 0.422 e. The van der Waals surface area contributed by atoms with Crippen LogP contribution < -0.4 is 9.47 Å². The molecule has 0 radical (unpaired) electrons. The van der Waals surface area contributed by atoms with E-state index in [9.17, 15) is 18.4 Å². The van der Waals surface area contributed by atoms with Crippen LogP contribution in [0, 0.1) is 11.3 Å². The zero-order valence-corrected chi connectivity index (χ0v) is 21.3. The van der Waals surface area contributed by atoms with Crippen LogP contribution >= 0.6 is 0 Å². The number of likely N-dealkylation sites (tertiary alicyclic amines) is 1. The van der Waals surface area contributed by atoms with Gasteiger partial charge in [-0.1, -0.05) is 55.0 Å². The van der Waals surface area contributed by atoms with Crippen LogP contribution in [-0.4, -0.2) is 30.8 Å². The minimum Gasteiger partial charge on any atom is -0.488 e. The number of fused-ring (bicyclic) bond motifs is 1. The molecule has 2 aliphatic rings. The fraction of sp³-hybridized carbons (Fsp3) is 0.387. The monoisotopic (exact) mass is 520 g/mol. The molecule has 5 rings (SSSR count). The predicted octanol–water partition coefficient (Wildman–Crippen LogP) is 7.22. The van der Waals surface area contributed by atoms with E-state index in [1.54, 1.807) is 6.07 Å². The first-order valence-corrected chi connectivity index (χ1v) is 13.2. The molecule has 38 heavy (non-hydrogen) atoms. The number of nitrogens with zero attached hydrogens (tertiary/aromatic N) is 2. The number of nitriles is 1. The molecule has 0 spiro atoms. The molecule has 0 aromatic heterocycles. The van der Waals surface area contributed by atoms with Crippen LogP contribution in [0.25, 0.3) is 11.1 Å². The van der Waals surface area contributed by atoms with E-state index < -0.39 is 12.8 Å². The Morgan fingerprint density at radius 1 is 0.842 bits per heavy atom. The zero-order chi connectivity index (χ0) is 26.5. The third kappa shape index (κ3) is 5.97. The Morgan fingerprint density at radius 3 is 2.34 bits per heavy atom. The van der Waals surface area contributed by atoms with Crippen LogP contribution in [-0.2, 0) is 26.0 Å². The van der Waals surface area contributed by atoms with Gasteiger partial charge in [0.25, 0.3) is 0 Å². The standard InChI is InChI=1S/C31H31F3N2O2/c32-31(33,34)21-38-30-17-29(26-14-8-13-25(26)28(30)19-36-15-5-2-6-16-36)37-20-23-11-7-12-24(27(23)18-35)22-9-3-1-4-10-22/h1,3-4,7,9-12,17H,2,5-6,8,13-16,19-21H2. The third-order valence-electron chi connectivity index (χ3n) is 7.39. The van der Waals surface area contributed by atoms with Gasteiger partial charge in [0.1, 0.15) is 24.2 Å². The highest BCUT2D eigenvalue weighted by molar-refractivity contribution is 5.72. The van der Waals surface area contributed by atoms with Crippen molar-refractivity contribution in [2.75, 3.05) is 19.7 Å². The average Bonchev–Trinajstić information content (AvgIpc) is 3.42. The first kappa shape index (κ1) is 26.1.